The average Bonchev–Trinajstić information content (AvgIpc) is 2.47. The molecule has 1 atom stereocenters. The van der Waals surface area contributed by atoms with Gasteiger partial charge in [-0.1, -0.05) is 12.1 Å². The third-order valence-electron chi connectivity index (χ3n) is 3.91. The minimum atomic E-state index is -0.823. The quantitative estimate of drug-likeness (QED) is 0.908. The third-order valence-corrected chi connectivity index (χ3v) is 3.91. The Morgan fingerprint density at radius 2 is 2.00 bits per heavy atom. The van der Waals surface area contributed by atoms with Crippen molar-refractivity contribution >= 4 is 6.09 Å². The first-order valence-electron chi connectivity index (χ1n) is 7.09. The van der Waals surface area contributed by atoms with Crippen molar-refractivity contribution in [3.8, 4) is 11.1 Å². The van der Waals surface area contributed by atoms with E-state index in [1.54, 1.807) is 12.1 Å². The van der Waals surface area contributed by atoms with Crippen molar-refractivity contribution in [2.75, 3.05) is 0 Å². The molecule has 0 bridgehead atoms. The summed E-state index contributed by atoms with van der Waals surface area (Å²) in [6.45, 7) is 0. The summed E-state index contributed by atoms with van der Waals surface area (Å²) < 4.78 is 32.1. The van der Waals surface area contributed by atoms with E-state index in [9.17, 15) is 13.6 Å². The molecule has 1 aliphatic rings. The Bertz CT molecular complexity index is 731. The third kappa shape index (κ3) is 2.79. The molecule has 0 aliphatic heterocycles. The van der Waals surface area contributed by atoms with Gasteiger partial charge in [-0.3, -0.25) is 0 Å². The maximum Gasteiger partial charge on any atom is 0.405 e. The van der Waals surface area contributed by atoms with Gasteiger partial charge >= 0.3 is 6.09 Å². The molecule has 0 fully saturated rings. The maximum atomic E-state index is 13.9. The molecule has 0 aromatic heterocycles. The molecule has 1 aliphatic carbocycles. The van der Waals surface area contributed by atoms with Gasteiger partial charge in [-0.15, -0.1) is 0 Å². The lowest BCUT2D eigenvalue weighted by atomic mass is 9.87. The van der Waals surface area contributed by atoms with Gasteiger partial charge in [0.2, 0.25) is 0 Å². The molecule has 1 amide bonds. The molecule has 0 saturated carbocycles. The van der Waals surface area contributed by atoms with Gasteiger partial charge in [-0.2, -0.15) is 0 Å². The molecule has 2 aromatic rings. The van der Waals surface area contributed by atoms with E-state index in [-0.39, 0.29) is 0 Å². The molecule has 5 heteroatoms. The van der Waals surface area contributed by atoms with E-state index in [0.29, 0.717) is 17.5 Å². The minimum Gasteiger partial charge on any atom is -0.442 e. The first-order chi connectivity index (χ1) is 10.5. The molecule has 2 aromatic carbocycles. The predicted octanol–water partition coefficient (Wildman–Crippen LogP) is 4.10. The van der Waals surface area contributed by atoms with Gasteiger partial charge < -0.3 is 10.5 Å². The van der Waals surface area contributed by atoms with Crippen LogP contribution in [0.1, 0.15) is 30.1 Å². The van der Waals surface area contributed by atoms with Crippen molar-refractivity contribution in [2.24, 2.45) is 5.73 Å². The van der Waals surface area contributed by atoms with E-state index < -0.39 is 23.8 Å². The summed E-state index contributed by atoms with van der Waals surface area (Å²) in [6, 6.07) is 8.95. The molecular formula is C17H15F2NO2. The number of aryl methyl sites for hydroxylation is 1. The molecule has 114 valence electrons. The number of ether oxygens (including phenoxy) is 1. The Balaban J connectivity index is 2.03. The van der Waals surface area contributed by atoms with Crippen molar-refractivity contribution in [1.29, 1.82) is 0 Å². The molecule has 0 heterocycles. The molecule has 0 radical (unpaired) electrons. The van der Waals surface area contributed by atoms with Crippen LogP contribution in [0.3, 0.4) is 0 Å². The second kappa shape index (κ2) is 5.75. The summed E-state index contributed by atoms with van der Waals surface area (Å²) in [5.74, 6) is -1.24. The van der Waals surface area contributed by atoms with E-state index in [1.807, 2.05) is 6.07 Å². The van der Waals surface area contributed by atoms with Crippen LogP contribution in [0.5, 0.6) is 0 Å². The number of fused-ring (bicyclic) bond motifs is 1. The van der Waals surface area contributed by atoms with Crippen LogP contribution in [-0.4, -0.2) is 6.09 Å². The van der Waals surface area contributed by atoms with Gasteiger partial charge in [-0.25, -0.2) is 13.6 Å². The van der Waals surface area contributed by atoms with Crippen LogP contribution in [0.2, 0.25) is 0 Å². The average molecular weight is 303 g/mol. The van der Waals surface area contributed by atoms with Gasteiger partial charge in [0.25, 0.3) is 0 Å². The van der Waals surface area contributed by atoms with E-state index in [2.05, 4.69) is 0 Å². The summed E-state index contributed by atoms with van der Waals surface area (Å²) in [6.07, 6.45) is 1.22. The number of primary amides is 1. The molecule has 1 unspecified atom stereocenters. The lowest BCUT2D eigenvalue weighted by Gasteiger charge is -2.25. The van der Waals surface area contributed by atoms with Crippen molar-refractivity contribution in [1.82, 2.24) is 0 Å². The fraction of sp³-hybridized carbons (Fsp3) is 0.235. The Labute approximate surface area is 126 Å². The zero-order valence-electron chi connectivity index (χ0n) is 11.8. The van der Waals surface area contributed by atoms with Crippen LogP contribution in [0.4, 0.5) is 13.6 Å². The number of nitrogens with two attached hydrogens (primary N) is 1. The monoisotopic (exact) mass is 303 g/mol. The number of rotatable bonds is 2. The van der Waals surface area contributed by atoms with Crippen LogP contribution in [0.15, 0.2) is 36.4 Å². The first kappa shape index (κ1) is 14.5. The summed E-state index contributed by atoms with van der Waals surface area (Å²) >= 11 is 0. The lowest BCUT2D eigenvalue weighted by molar-refractivity contribution is 0.0959. The SMILES string of the molecule is NC(=O)OC1CCCc2ccc(-c3ccc(F)cc3F)cc21. The van der Waals surface area contributed by atoms with Crippen LogP contribution >= 0.6 is 0 Å². The molecule has 3 nitrogen and oxygen atoms in total. The van der Waals surface area contributed by atoms with E-state index in [1.165, 1.54) is 12.1 Å². The van der Waals surface area contributed by atoms with Gasteiger partial charge in [-0.05, 0) is 54.2 Å². The summed E-state index contributed by atoms with van der Waals surface area (Å²) in [5, 5.41) is 0. The first-order valence-corrected chi connectivity index (χ1v) is 7.09. The van der Waals surface area contributed by atoms with Crippen molar-refractivity contribution in [3.05, 3.63) is 59.2 Å². The number of hydrogen-bond donors (Lipinski definition) is 1. The highest BCUT2D eigenvalue weighted by molar-refractivity contribution is 5.67. The normalized spacial score (nSPS) is 16.9. The van der Waals surface area contributed by atoms with Crippen molar-refractivity contribution in [2.45, 2.75) is 25.4 Å². The highest BCUT2D eigenvalue weighted by atomic mass is 19.1. The molecule has 3 rings (SSSR count). The van der Waals surface area contributed by atoms with Gasteiger partial charge in [0.05, 0.1) is 0 Å². The number of amides is 1. The largest absolute Gasteiger partial charge is 0.442 e. The minimum absolute atomic E-state index is 0.313. The summed E-state index contributed by atoms with van der Waals surface area (Å²) in [7, 11) is 0. The number of benzene rings is 2. The fourth-order valence-corrected chi connectivity index (χ4v) is 2.91. The second-order valence-corrected chi connectivity index (χ2v) is 5.36. The Morgan fingerprint density at radius 3 is 2.73 bits per heavy atom. The summed E-state index contributed by atoms with van der Waals surface area (Å²) in [4.78, 5) is 11.0. The van der Waals surface area contributed by atoms with Gasteiger partial charge in [0, 0.05) is 11.6 Å². The molecule has 22 heavy (non-hydrogen) atoms. The van der Waals surface area contributed by atoms with Gasteiger partial charge in [0.1, 0.15) is 17.7 Å². The zero-order valence-corrected chi connectivity index (χ0v) is 11.8. The highest BCUT2D eigenvalue weighted by Crippen LogP contribution is 2.36. The Hall–Kier alpha value is -2.43. The van der Waals surface area contributed by atoms with E-state index >= 15 is 0 Å². The van der Waals surface area contributed by atoms with E-state index in [4.69, 9.17) is 10.5 Å². The van der Waals surface area contributed by atoms with Crippen LogP contribution < -0.4 is 5.73 Å². The van der Waals surface area contributed by atoms with Crippen LogP contribution in [0, 0.1) is 11.6 Å². The lowest BCUT2D eigenvalue weighted by Crippen LogP contribution is -2.20. The standard InChI is InChI=1S/C17H15F2NO2/c18-12-6-7-13(15(19)9-12)11-5-4-10-2-1-3-16(14(10)8-11)22-17(20)21/h4-9,16H,1-3H2,(H2,20,21). The predicted molar refractivity (Wildman–Crippen MR) is 78.1 cm³/mol. The molecule has 0 spiro atoms. The van der Waals surface area contributed by atoms with Gasteiger partial charge in [0.15, 0.2) is 0 Å². The number of carbonyl (C=O) groups excluding carboxylic acids is 1. The topological polar surface area (TPSA) is 52.3 Å². The Morgan fingerprint density at radius 1 is 1.18 bits per heavy atom. The Kier molecular flexibility index (Phi) is 3.79. The van der Waals surface area contributed by atoms with E-state index in [0.717, 1.165) is 30.0 Å². The van der Waals surface area contributed by atoms with Crippen molar-refractivity contribution < 1.29 is 18.3 Å². The molecule has 0 saturated heterocycles. The van der Waals surface area contributed by atoms with Crippen LogP contribution in [-0.2, 0) is 11.2 Å². The van der Waals surface area contributed by atoms with Crippen LogP contribution in [0.25, 0.3) is 11.1 Å². The summed E-state index contributed by atoms with van der Waals surface area (Å²) in [5.41, 5.74) is 7.94. The second-order valence-electron chi connectivity index (χ2n) is 5.36. The van der Waals surface area contributed by atoms with Crippen molar-refractivity contribution in [3.63, 3.8) is 0 Å². The molecule has 2 N–H and O–H groups in total. The smallest absolute Gasteiger partial charge is 0.405 e. The number of carbonyl (C=O) groups is 1. The maximum absolute atomic E-state index is 13.9. The fourth-order valence-electron chi connectivity index (χ4n) is 2.91. The number of halogens is 2. The zero-order chi connectivity index (χ0) is 15.7. The number of hydrogen-bond acceptors (Lipinski definition) is 2. The highest BCUT2D eigenvalue weighted by Gasteiger charge is 2.23. The molecular weight excluding hydrogens is 288 g/mol.